The molecule has 2 N–H and O–H groups in total. The monoisotopic (exact) mass is 390 g/mol. The van der Waals surface area contributed by atoms with Crippen molar-refractivity contribution in [2.24, 2.45) is 5.92 Å². The smallest absolute Gasteiger partial charge is 0.242 e. The minimum Gasteiger partial charge on any atom is -0.497 e. The minimum absolute atomic E-state index is 0.136. The lowest BCUT2D eigenvalue weighted by Gasteiger charge is -2.20. The van der Waals surface area contributed by atoms with Crippen molar-refractivity contribution >= 4 is 21.6 Å². The van der Waals surface area contributed by atoms with Crippen LogP contribution in [0.3, 0.4) is 0 Å². The summed E-state index contributed by atoms with van der Waals surface area (Å²) in [6.45, 7) is 5.76. The Morgan fingerprint density at radius 1 is 1.04 bits per heavy atom. The highest BCUT2D eigenvalue weighted by Crippen LogP contribution is 2.17. The third kappa shape index (κ3) is 6.08. The molecule has 0 radical (unpaired) electrons. The van der Waals surface area contributed by atoms with E-state index in [1.165, 1.54) is 12.1 Å². The van der Waals surface area contributed by atoms with Crippen LogP contribution in [0, 0.1) is 12.8 Å². The summed E-state index contributed by atoms with van der Waals surface area (Å²) in [5.74, 6) is 0.411. The van der Waals surface area contributed by atoms with Gasteiger partial charge < -0.3 is 10.1 Å². The summed E-state index contributed by atoms with van der Waals surface area (Å²) in [5.41, 5.74) is 1.54. The second-order valence-electron chi connectivity index (χ2n) is 6.83. The molecule has 146 valence electrons. The number of hydrogen-bond acceptors (Lipinski definition) is 4. The summed E-state index contributed by atoms with van der Waals surface area (Å²) in [5, 5.41) is 2.76. The molecule has 2 aromatic carbocycles. The maximum Gasteiger partial charge on any atom is 0.242 e. The zero-order chi connectivity index (χ0) is 20.0. The molecule has 0 aromatic heterocycles. The summed E-state index contributed by atoms with van der Waals surface area (Å²) in [7, 11) is -2.24. The maximum atomic E-state index is 12.7. The van der Waals surface area contributed by atoms with Crippen LogP contribution < -0.4 is 14.8 Å². The summed E-state index contributed by atoms with van der Waals surface area (Å²) in [6, 6.07) is 12.5. The van der Waals surface area contributed by atoms with Crippen molar-refractivity contribution in [2.75, 3.05) is 12.4 Å². The van der Waals surface area contributed by atoms with Gasteiger partial charge in [-0.15, -0.1) is 0 Å². The Morgan fingerprint density at radius 3 is 2.15 bits per heavy atom. The average Bonchev–Trinajstić information content (AvgIpc) is 2.61. The van der Waals surface area contributed by atoms with Crippen LogP contribution in [0.5, 0.6) is 5.75 Å². The van der Waals surface area contributed by atoms with Gasteiger partial charge in [-0.25, -0.2) is 8.42 Å². The molecule has 0 bridgehead atoms. The van der Waals surface area contributed by atoms with Crippen LogP contribution in [-0.4, -0.2) is 27.5 Å². The van der Waals surface area contributed by atoms with Crippen molar-refractivity contribution in [3.05, 3.63) is 54.1 Å². The van der Waals surface area contributed by atoms with Crippen molar-refractivity contribution in [1.82, 2.24) is 4.72 Å². The van der Waals surface area contributed by atoms with Gasteiger partial charge in [-0.2, -0.15) is 4.72 Å². The van der Waals surface area contributed by atoms with Crippen LogP contribution in [0.1, 0.15) is 25.8 Å². The number of amides is 1. The molecule has 27 heavy (non-hydrogen) atoms. The molecule has 0 aliphatic carbocycles. The van der Waals surface area contributed by atoms with Crippen LogP contribution in [0.15, 0.2) is 53.4 Å². The van der Waals surface area contributed by atoms with Crippen LogP contribution in [0.4, 0.5) is 5.69 Å². The first-order valence-corrected chi connectivity index (χ1v) is 10.2. The Bertz CT molecular complexity index is 860. The summed E-state index contributed by atoms with van der Waals surface area (Å²) < 4.78 is 33.0. The Morgan fingerprint density at radius 2 is 1.63 bits per heavy atom. The predicted molar refractivity (Wildman–Crippen MR) is 106 cm³/mol. The molecule has 1 amide bonds. The third-order valence-corrected chi connectivity index (χ3v) is 5.50. The van der Waals surface area contributed by atoms with Crippen molar-refractivity contribution in [2.45, 2.75) is 38.1 Å². The lowest BCUT2D eigenvalue weighted by molar-refractivity contribution is -0.118. The van der Waals surface area contributed by atoms with Gasteiger partial charge in [0, 0.05) is 5.69 Å². The SMILES string of the molecule is COc1ccc(NC(=O)C(CC(C)C)NS(=O)(=O)c2ccc(C)cc2)cc1. The topological polar surface area (TPSA) is 84.5 Å². The maximum absolute atomic E-state index is 12.7. The Labute approximate surface area is 161 Å². The van der Waals surface area contributed by atoms with E-state index in [0.717, 1.165) is 5.56 Å². The number of aryl methyl sites for hydroxylation is 1. The summed E-state index contributed by atoms with van der Waals surface area (Å²) in [4.78, 5) is 12.8. The molecule has 2 rings (SSSR count). The van der Waals surface area contributed by atoms with Gasteiger partial charge in [-0.05, 0) is 55.7 Å². The van der Waals surface area contributed by atoms with E-state index in [1.54, 1.807) is 43.5 Å². The average molecular weight is 391 g/mol. The van der Waals surface area contributed by atoms with Crippen LogP contribution in [0.2, 0.25) is 0 Å². The third-order valence-electron chi connectivity index (χ3n) is 4.01. The first-order valence-electron chi connectivity index (χ1n) is 8.75. The first kappa shape index (κ1) is 20.9. The van der Waals surface area contributed by atoms with E-state index in [-0.39, 0.29) is 10.8 Å². The molecular formula is C20H26N2O4S. The first-order chi connectivity index (χ1) is 12.7. The highest BCUT2D eigenvalue weighted by Gasteiger charge is 2.26. The molecule has 0 spiro atoms. The van der Waals surface area contributed by atoms with E-state index >= 15 is 0 Å². The lowest BCUT2D eigenvalue weighted by atomic mass is 10.0. The Balaban J connectivity index is 2.17. The number of carbonyl (C=O) groups excluding carboxylic acids is 1. The van der Waals surface area contributed by atoms with Gasteiger partial charge in [0.1, 0.15) is 11.8 Å². The fraction of sp³-hybridized carbons (Fsp3) is 0.350. The van der Waals surface area contributed by atoms with Crippen molar-refractivity contribution in [3.63, 3.8) is 0 Å². The highest BCUT2D eigenvalue weighted by molar-refractivity contribution is 7.89. The van der Waals surface area contributed by atoms with E-state index in [0.29, 0.717) is 17.9 Å². The van der Waals surface area contributed by atoms with Gasteiger partial charge in [-0.1, -0.05) is 31.5 Å². The molecule has 7 heteroatoms. The standard InChI is InChI=1S/C20H26N2O4S/c1-14(2)13-19(20(23)21-16-7-9-17(26-4)10-8-16)22-27(24,25)18-11-5-15(3)6-12-18/h5-12,14,19,22H,13H2,1-4H3,(H,21,23). The summed E-state index contributed by atoms with van der Waals surface area (Å²) >= 11 is 0. The molecule has 1 atom stereocenters. The second kappa shape index (κ2) is 9.01. The Hall–Kier alpha value is -2.38. The molecule has 6 nitrogen and oxygen atoms in total. The zero-order valence-corrected chi connectivity index (χ0v) is 16.8. The molecular weight excluding hydrogens is 364 g/mol. The number of ether oxygens (including phenoxy) is 1. The van der Waals surface area contributed by atoms with E-state index < -0.39 is 22.0 Å². The number of nitrogens with one attached hydrogen (secondary N) is 2. The number of methoxy groups -OCH3 is 1. The number of carbonyl (C=O) groups is 1. The van der Waals surface area contributed by atoms with Crippen LogP contribution >= 0.6 is 0 Å². The van der Waals surface area contributed by atoms with Crippen LogP contribution in [0.25, 0.3) is 0 Å². The second-order valence-corrected chi connectivity index (χ2v) is 8.55. The molecule has 0 aliphatic rings. The van der Waals surface area contributed by atoms with Crippen molar-refractivity contribution < 1.29 is 17.9 Å². The van der Waals surface area contributed by atoms with Crippen molar-refractivity contribution in [3.8, 4) is 5.75 Å². The van der Waals surface area contributed by atoms with Gasteiger partial charge >= 0.3 is 0 Å². The predicted octanol–water partition coefficient (Wildman–Crippen LogP) is 3.34. The fourth-order valence-electron chi connectivity index (χ4n) is 2.56. The van der Waals surface area contributed by atoms with Gasteiger partial charge in [0.05, 0.1) is 12.0 Å². The molecule has 0 saturated carbocycles. The van der Waals surface area contributed by atoms with Gasteiger partial charge in [0.15, 0.2) is 0 Å². The number of hydrogen-bond donors (Lipinski definition) is 2. The summed E-state index contributed by atoms with van der Waals surface area (Å²) in [6.07, 6.45) is 0.382. The van der Waals surface area contributed by atoms with Gasteiger partial charge in [0.25, 0.3) is 0 Å². The zero-order valence-electron chi connectivity index (χ0n) is 16.0. The van der Waals surface area contributed by atoms with Crippen molar-refractivity contribution in [1.29, 1.82) is 0 Å². The number of anilines is 1. The normalized spacial score (nSPS) is 12.6. The van der Waals surface area contributed by atoms with E-state index in [2.05, 4.69) is 10.0 Å². The fourth-order valence-corrected chi connectivity index (χ4v) is 3.76. The van der Waals surface area contributed by atoms with E-state index in [4.69, 9.17) is 4.74 Å². The molecule has 1 unspecified atom stereocenters. The van der Waals surface area contributed by atoms with Gasteiger partial charge in [-0.3, -0.25) is 4.79 Å². The Kier molecular flexibility index (Phi) is 6.98. The quantitative estimate of drug-likeness (QED) is 0.724. The number of benzene rings is 2. The number of sulfonamides is 1. The lowest BCUT2D eigenvalue weighted by Crippen LogP contribution is -2.44. The highest BCUT2D eigenvalue weighted by atomic mass is 32.2. The van der Waals surface area contributed by atoms with E-state index in [1.807, 2.05) is 20.8 Å². The molecule has 0 fully saturated rings. The largest absolute Gasteiger partial charge is 0.497 e. The number of rotatable bonds is 8. The van der Waals surface area contributed by atoms with E-state index in [9.17, 15) is 13.2 Å². The van der Waals surface area contributed by atoms with Gasteiger partial charge in [0.2, 0.25) is 15.9 Å². The molecule has 0 heterocycles. The molecule has 0 saturated heterocycles. The molecule has 2 aromatic rings. The minimum atomic E-state index is -3.80. The molecule has 0 aliphatic heterocycles. The van der Waals surface area contributed by atoms with Crippen LogP contribution in [-0.2, 0) is 14.8 Å².